The molecule has 1 rings (SSSR count). The number of nitrogens with zero attached hydrogens (tertiary/aromatic N) is 4. The minimum atomic E-state index is -5.33. The Balaban J connectivity index is 2.83. The van der Waals surface area contributed by atoms with Crippen molar-refractivity contribution in [3.63, 3.8) is 0 Å². The van der Waals surface area contributed by atoms with E-state index in [1.807, 2.05) is 0 Å². The molecule has 0 fully saturated rings. The predicted octanol–water partition coefficient (Wildman–Crippen LogP) is -0.0979. The third kappa shape index (κ3) is 3.28. The van der Waals surface area contributed by atoms with Crippen molar-refractivity contribution in [1.29, 1.82) is 0 Å². The van der Waals surface area contributed by atoms with Crippen molar-refractivity contribution in [2.45, 2.75) is 12.1 Å². The highest BCUT2D eigenvalue weighted by Gasteiger charge is 2.48. The van der Waals surface area contributed by atoms with Crippen LogP contribution in [0.5, 0.6) is 0 Å². The van der Waals surface area contributed by atoms with Crippen LogP contribution in [0.15, 0.2) is 17.5 Å². The Morgan fingerprint density at radius 2 is 2.15 bits per heavy atom. The molecule has 0 bridgehead atoms. The van der Waals surface area contributed by atoms with E-state index in [0.29, 0.717) is 5.82 Å². The molecule has 1 N–H and O–H groups in total. The van der Waals surface area contributed by atoms with Gasteiger partial charge in [0.1, 0.15) is 18.9 Å². The SMILES string of the molecule is CN(CCn1cc[n+](C)c1/C=N/O)S(=O)(=O)C(F)(F)F. The van der Waals surface area contributed by atoms with Crippen LogP contribution in [0, 0.1) is 0 Å². The van der Waals surface area contributed by atoms with Crippen molar-refractivity contribution in [1.82, 2.24) is 8.87 Å². The lowest BCUT2D eigenvalue weighted by molar-refractivity contribution is -0.671. The van der Waals surface area contributed by atoms with Crippen molar-refractivity contribution in [3.8, 4) is 0 Å². The van der Waals surface area contributed by atoms with E-state index in [0.717, 1.165) is 13.3 Å². The quantitative estimate of drug-likeness (QED) is 0.357. The first-order valence-corrected chi connectivity index (χ1v) is 6.80. The second kappa shape index (κ2) is 5.79. The molecule has 0 amide bonds. The lowest BCUT2D eigenvalue weighted by atomic mass is 10.5. The van der Waals surface area contributed by atoms with Gasteiger partial charge < -0.3 is 5.21 Å². The summed E-state index contributed by atoms with van der Waals surface area (Å²) in [6.45, 7) is -0.392. The molecule has 0 aliphatic carbocycles. The maximum Gasteiger partial charge on any atom is 0.511 e. The number of oxime groups is 1. The standard InChI is InChI=1S/C9H13F3N4O3S/c1-14-3-5-16(8(14)7-13-17)6-4-15(2)20(18,19)9(10,11)12/h3,5,7H,4,6H2,1-2H3/p+1. The Labute approximate surface area is 113 Å². The first-order chi connectivity index (χ1) is 9.11. The van der Waals surface area contributed by atoms with E-state index >= 15 is 0 Å². The molecular weight excluding hydrogens is 301 g/mol. The molecule has 0 aliphatic heterocycles. The molecule has 1 heterocycles. The molecule has 1 aromatic heterocycles. The van der Waals surface area contributed by atoms with Gasteiger partial charge in [-0.05, 0) is 0 Å². The average Bonchev–Trinajstić information content (AvgIpc) is 2.67. The van der Waals surface area contributed by atoms with Gasteiger partial charge in [-0.1, -0.05) is 5.16 Å². The van der Waals surface area contributed by atoms with Crippen LogP contribution in [0.3, 0.4) is 0 Å². The van der Waals surface area contributed by atoms with Crippen LogP contribution in [0.1, 0.15) is 5.82 Å². The van der Waals surface area contributed by atoms with Gasteiger partial charge in [-0.25, -0.2) is 17.6 Å². The Hall–Kier alpha value is -1.62. The lowest BCUT2D eigenvalue weighted by Gasteiger charge is -2.17. The first-order valence-electron chi connectivity index (χ1n) is 5.36. The summed E-state index contributed by atoms with van der Waals surface area (Å²) >= 11 is 0. The lowest BCUT2D eigenvalue weighted by Crippen LogP contribution is -2.40. The molecule has 0 aliphatic rings. The number of aryl methyl sites for hydroxylation is 1. The molecule has 0 aromatic carbocycles. The van der Waals surface area contributed by atoms with Crippen LogP contribution in [-0.4, -0.2) is 47.8 Å². The van der Waals surface area contributed by atoms with Gasteiger partial charge in [0.05, 0.1) is 13.6 Å². The Bertz CT molecular complexity index is 594. The number of hydrogen-bond acceptors (Lipinski definition) is 4. The number of aromatic nitrogens is 2. The number of likely N-dealkylation sites (N-methyl/N-ethyl adjacent to an activating group) is 1. The summed E-state index contributed by atoms with van der Waals surface area (Å²) < 4.78 is 62.4. The fourth-order valence-electron chi connectivity index (χ4n) is 1.49. The average molecular weight is 315 g/mol. The van der Waals surface area contributed by atoms with Gasteiger partial charge in [0.25, 0.3) is 0 Å². The van der Waals surface area contributed by atoms with Gasteiger partial charge in [0.15, 0.2) is 6.21 Å². The van der Waals surface area contributed by atoms with E-state index in [9.17, 15) is 21.6 Å². The summed E-state index contributed by atoms with van der Waals surface area (Å²) in [6.07, 6.45) is 4.22. The normalized spacial score (nSPS) is 13.5. The van der Waals surface area contributed by atoms with E-state index in [2.05, 4.69) is 5.16 Å². The number of sulfonamides is 1. The summed E-state index contributed by atoms with van der Waals surface area (Å²) in [5, 5.41) is 11.3. The van der Waals surface area contributed by atoms with Crippen LogP contribution < -0.4 is 4.57 Å². The van der Waals surface area contributed by atoms with E-state index in [1.54, 1.807) is 17.8 Å². The van der Waals surface area contributed by atoms with Gasteiger partial charge in [-0.15, -0.1) is 0 Å². The Kier molecular flexibility index (Phi) is 4.76. The summed E-state index contributed by atoms with van der Waals surface area (Å²) in [6, 6.07) is 0. The van der Waals surface area contributed by atoms with Crippen molar-refractivity contribution >= 4 is 16.2 Å². The summed E-state index contributed by atoms with van der Waals surface area (Å²) in [5.74, 6) is 0.408. The monoisotopic (exact) mass is 315 g/mol. The third-order valence-electron chi connectivity index (χ3n) is 2.66. The van der Waals surface area contributed by atoms with E-state index in [-0.39, 0.29) is 17.4 Å². The molecule has 0 saturated carbocycles. The molecule has 20 heavy (non-hydrogen) atoms. The van der Waals surface area contributed by atoms with Gasteiger partial charge >= 0.3 is 21.4 Å². The molecule has 0 radical (unpaired) electrons. The highest BCUT2D eigenvalue weighted by molar-refractivity contribution is 7.89. The molecule has 114 valence electrons. The maximum absolute atomic E-state index is 12.3. The van der Waals surface area contributed by atoms with Crippen LogP contribution in [0.4, 0.5) is 13.2 Å². The number of rotatable bonds is 5. The first kappa shape index (κ1) is 16.4. The van der Waals surface area contributed by atoms with Crippen molar-refractivity contribution < 1.29 is 31.4 Å². The summed E-state index contributed by atoms with van der Waals surface area (Å²) in [4.78, 5) is 0. The number of alkyl halides is 3. The molecule has 0 unspecified atom stereocenters. The molecular formula is C9H14F3N4O3S+. The maximum atomic E-state index is 12.3. The van der Waals surface area contributed by atoms with Gasteiger partial charge in [-0.3, -0.25) is 0 Å². The van der Waals surface area contributed by atoms with Crippen molar-refractivity contribution in [3.05, 3.63) is 18.2 Å². The number of hydrogen-bond donors (Lipinski definition) is 1. The zero-order valence-corrected chi connectivity index (χ0v) is 11.6. The van der Waals surface area contributed by atoms with Crippen LogP contribution in [-0.2, 0) is 23.6 Å². The Morgan fingerprint density at radius 3 is 2.65 bits per heavy atom. The molecule has 0 atom stereocenters. The summed E-state index contributed by atoms with van der Waals surface area (Å²) in [5.41, 5.74) is -5.32. The third-order valence-corrected chi connectivity index (χ3v) is 4.25. The fourth-order valence-corrected chi connectivity index (χ4v) is 2.16. The highest BCUT2D eigenvalue weighted by Crippen LogP contribution is 2.25. The molecule has 0 spiro atoms. The second-order valence-electron chi connectivity index (χ2n) is 3.98. The van der Waals surface area contributed by atoms with Crippen LogP contribution >= 0.6 is 0 Å². The number of imidazole rings is 1. The van der Waals surface area contributed by atoms with Crippen molar-refractivity contribution in [2.75, 3.05) is 13.6 Å². The number of halogens is 3. The van der Waals surface area contributed by atoms with Crippen LogP contribution in [0.2, 0.25) is 0 Å². The molecule has 7 nitrogen and oxygen atoms in total. The predicted molar refractivity (Wildman–Crippen MR) is 62.6 cm³/mol. The Morgan fingerprint density at radius 1 is 1.55 bits per heavy atom. The molecule has 11 heteroatoms. The zero-order valence-electron chi connectivity index (χ0n) is 10.7. The van der Waals surface area contributed by atoms with E-state index < -0.39 is 15.5 Å². The van der Waals surface area contributed by atoms with Crippen molar-refractivity contribution in [2.24, 2.45) is 12.2 Å². The molecule has 0 saturated heterocycles. The van der Waals surface area contributed by atoms with E-state index in [1.165, 1.54) is 10.8 Å². The smallest absolute Gasteiger partial charge is 0.411 e. The van der Waals surface area contributed by atoms with Gasteiger partial charge in [0.2, 0.25) is 0 Å². The minimum absolute atomic E-state index is 0.0198. The largest absolute Gasteiger partial charge is 0.511 e. The topological polar surface area (TPSA) is 78.8 Å². The zero-order chi connectivity index (χ0) is 15.6. The summed E-state index contributed by atoms with van der Waals surface area (Å²) in [7, 11) is -2.84. The second-order valence-corrected chi connectivity index (χ2v) is 6.01. The molecule has 1 aromatic rings. The van der Waals surface area contributed by atoms with Crippen LogP contribution in [0.25, 0.3) is 0 Å². The minimum Gasteiger partial charge on any atom is -0.411 e. The van der Waals surface area contributed by atoms with Gasteiger partial charge in [-0.2, -0.15) is 17.5 Å². The van der Waals surface area contributed by atoms with Gasteiger partial charge in [0, 0.05) is 7.05 Å². The van der Waals surface area contributed by atoms with E-state index in [4.69, 9.17) is 5.21 Å². The fraction of sp³-hybridized carbons (Fsp3) is 0.556. The highest BCUT2D eigenvalue weighted by atomic mass is 32.2.